The zero-order valence-electron chi connectivity index (χ0n) is 14.8. The zero-order valence-corrected chi connectivity index (χ0v) is 15.6. The number of aromatic nitrogens is 2. The predicted octanol–water partition coefficient (Wildman–Crippen LogP) is 4.29. The van der Waals surface area contributed by atoms with Crippen molar-refractivity contribution >= 4 is 22.4 Å². The summed E-state index contributed by atoms with van der Waals surface area (Å²) in [6, 6.07) is 19.6. The van der Waals surface area contributed by atoms with Gasteiger partial charge in [-0.3, -0.25) is 10.1 Å². The lowest BCUT2D eigenvalue weighted by Crippen LogP contribution is -2.30. The molecule has 1 heterocycles. The second kappa shape index (κ2) is 8.58. The van der Waals surface area contributed by atoms with Crippen LogP contribution in [-0.2, 0) is 11.2 Å². The molecule has 0 spiro atoms. The number of hydrogen-bond acceptors (Lipinski definition) is 5. The van der Waals surface area contributed by atoms with Gasteiger partial charge in [0.2, 0.25) is 5.13 Å². The van der Waals surface area contributed by atoms with Crippen LogP contribution in [0, 0.1) is 0 Å². The third kappa shape index (κ3) is 4.89. The lowest BCUT2D eigenvalue weighted by Gasteiger charge is -2.13. The van der Waals surface area contributed by atoms with Crippen molar-refractivity contribution in [3.05, 3.63) is 71.2 Å². The molecule has 0 bridgehead atoms. The summed E-state index contributed by atoms with van der Waals surface area (Å²) >= 11 is 1.40. The topological polar surface area (TPSA) is 64.1 Å². The van der Waals surface area contributed by atoms with Gasteiger partial charge >= 0.3 is 0 Å². The van der Waals surface area contributed by atoms with E-state index in [1.807, 2.05) is 48.5 Å². The van der Waals surface area contributed by atoms with Gasteiger partial charge in [-0.1, -0.05) is 66.8 Å². The summed E-state index contributed by atoms with van der Waals surface area (Å²) in [5.41, 5.74) is 1.26. The average Bonchev–Trinajstić information content (AvgIpc) is 3.10. The maximum Gasteiger partial charge on any atom is 0.266 e. The molecule has 0 aliphatic heterocycles. The normalized spacial score (nSPS) is 13.0. The fourth-order valence-corrected chi connectivity index (χ4v) is 3.38. The average molecular weight is 367 g/mol. The molecule has 1 N–H and O–H groups in total. The van der Waals surface area contributed by atoms with Crippen molar-refractivity contribution in [1.29, 1.82) is 0 Å². The quantitative estimate of drug-likeness (QED) is 0.676. The van der Waals surface area contributed by atoms with E-state index in [-0.39, 0.29) is 5.91 Å². The van der Waals surface area contributed by atoms with E-state index in [1.54, 1.807) is 6.92 Å². The zero-order chi connectivity index (χ0) is 18.4. The number of ether oxygens (including phenoxy) is 1. The van der Waals surface area contributed by atoms with Gasteiger partial charge in [-0.25, -0.2) is 0 Å². The molecule has 2 unspecified atom stereocenters. The van der Waals surface area contributed by atoms with Crippen LogP contribution in [0.4, 0.5) is 5.13 Å². The van der Waals surface area contributed by atoms with Crippen molar-refractivity contribution in [1.82, 2.24) is 10.2 Å². The maximum atomic E-state index is 12.3. The fraction of sp³-hybridized carbons (Fsp3) is 0.250. The molecule has 0 aliphatic carbocycles. The number of carbonyl (C=O) groups excluding carboxylic acids is 1. The Kier molecular flexibility index (Phi) is 5.96. The summed E-state index contributed by atoms with van der Waals surface area (Å²) in [5.74, 6) is 0.755. The number of para-hydroxylation sites is 1. The van der Waals surface area contributed by atoms with Crippen LogP contribution in [0.15, 0.2) is 60.7 Å². The highest BCUT2D eigenvalue weighted by atomic mass is 32.1. The molecule has 134 valence electrons. The van der Waals surface area contributed by atoms with E-state index in [1.165, 1.54) is 16.9 Å². The number of benzene rings is 2. The largest absolute Gasteiger partial charge is 0.481 e. The summed E-state index contributed by atoms with van der Waals surface area (Å²) in [6.07, 6.45) is 0.168. The SMILES string of the molecule is CC(Oc1ccccc1)C(=O)Nc1nnc(CC(C)c2ccccc2)s1. The smallest absolute Gasteiger partial charge is 0.266 e. The van der Waals surface area contributed by atoms with E-state index in [0.717, 1.165) is 11.4 Å². The number of rotatable bonds is 7. The first-order chi connectivity index (χ1) is 12.6. The number of amides is 1. The minimum absolute atomic E-state index is 0.243. The van der Waals surface area contributed by atoms with Gasteiger partial charge in [0.15, 0.2) is 6.10 Å². The van der Waals surface area contributed by atoms with E-state index in [2.05, 4.69) is 34.6 Å². The van der Waals surface area contributed by atoms with Crippen molar-refractivity contribution in [3.8, 4) is 5.75 Å². The van der Waals surface area contributed by atoms with E-state index < -0.39 is 6.10 Å². The summed E-state index contributed by atoms with van der Waals surface area (Å²) < 4.78 is 5.62. The maximum absolute atomic E-state index is 12.3. The lowest BCUT2D eigenvalue weighted by molar-refractivity contribution is -0.122. The molecule has 1 aromatic heterocycles. The standard InChI is InChI=1S/C20H21N3O2S/c1-14(16-9-5-3-6-10-16)13-18-22-23-20(26-18)21-19(24)15(2)25-17-11-7-4-8-12-17/h3-12,14-15H,13H2,1-2H3,(H,21,23,24). The minimum Gasteiger partial charge on any atom is -0.481 e. The Morgan fingerprint density at radius 3 is 2.38 bits per heavy atom. The second-order valence-electron chi connectivity index (χ2n) is 6.08. The van der Waals surface area contributed by atoms with Gasteiger partial charge in [-0.2, -0.15) is 0 Å². The fourth-order valence-electron chi connectivity index (χ4n) is 2.51. The first-order valence-corrected chi connectivity index (χ1v) is 9.33. The predicted molar refractivity (Wildman–Crippen MR) is 104 cm³/mol. The Balaban J connectivity index is 1.55. The van der Waals surface area contributed by atoms with Gasteiger partial charge in [0, 0.05) is 6.42 Å². The van der Waals surface area contributed by atoms with E-state index in [4.69, 9.17) is 4.74 Å². The first-order valence-electron chi connectivity index (χ1n) is 8.51. The highest BCUT2D eigenvalue weighted by Gasteiger charge is 2.17. The Morgan fingerprint density at radius 2 is 1.69 bits per heavy atom. The van der Waals surface area contributed by atoms with Gasteiger partial charge in [0.05, 0.1) is 0 Å². The van der Waals surface area contributed by atoms with Crippen LogP contribution in [0.3, 0.4) is 0 Å². The summed E-state index contributed by atoms with van der Waals surface area (Å²) in [7, 11) is 0. The Hall–Kier alpha value is -2.73. The number of anilines is 1. The van der Waals surface area contributed by atoms with Crippen molar-refractivity contribution in [2.24, 2.45) is 0 Å². The number of nitrogens with one attached hydrogen (secondary N) is 1. The monoisotopic (exact) mass is 367 g/mol. The molecule has 1 amide bonds. The van der Waals surface area contributed by atoms with Crippen molar-refractivity contribution < 1.29 is 9.53 Å². The van der Waals surface area contributed by atoms with Gasteiger partial charge < -0.3 is 4.74 Å². The van der Waals surface area contributed by atoms with Crippen LogP contribution in [0.25, 0.3) is 0 Å². The van der Waals surface area contributed by atoms with Crippen LogP contribution in [-0.4, -0.2) is 22.2 Å². The second-order valence-corrected chi connectivity index (χ2v) is 7.14. The van der Waals surface area contributed by atoms with Crippen molar-refractivity contribution in [3.63, 3.8) is 0 Å². The molecule has 0 saturated heterocycles. The molecule has 2 aromatic carbocycles. The Morgan fingerprint density at radius 1 is 1.04 bits per heavy atom. The molecule has 5 nitrogen and oxygen atoms in total. The van der Waals surface area contributed by atoms with E-state index >= 15 is 0 Å². The van der Waals surface area contributed by atoms with Crippen molar-refractivity contribution in [2.45, 2.75) is 32.3 Å². The van der Waals surface area contributed by atoms with Gasteiger partial charge in [0.25, 0.3) is 5.91 Å². The van der Waals surface area contributed by atoms with Gasteiger partial charge in [0.1, 0.15) is 10.8 Å². The first kappa shape index (κ1) is 18.1. The summed E-state index contributed by atoms with van der Waals surface area (Å²) in [6.45, 7) is 3.87. The molecular formula is C20H21N3O2S. The molecule has 0 saturated carbocycles. The molecule has 0 radical (unpaired) electrons. The number of hydrogen-bond donors (Lipinski definition) is 1. The van der Waals surface area contributed by atoms with Crippen LogP contribution < -0.4 is 10.1 Å². The third-order valence-corrected chi connectivity index (χ3v) is 4.83. The lowest BCUT2D eigenvalue weighted by atomic mass is 9.98. The van der Waals surface area contributed by atoms with E-state index in [0.29, 0.717) is 16.8 Å². The van der Waals surface area contributed by atoms with Crippen molar-refractivity contribution in [2.75, 3.05) is 5.32 Å². The molecule has 3 rings (SSSR count). The van der Waals surface area contributed by atoms with Gasteiger partial charge in [-0.15, -0.1) is 10.2 Å². The highest BCUT2D eigenvalue weighted by Crippen LogP contribution is 2.24. The Labute approximate surface area is 157 Å². The van der Waals surface area contributed by atoms with Crippen LogP contribution in [0.5, 0.6) is 5.75 Å². The molecule has 3 aromatic rings. The van der Waals surface area contributed by atoms with Crippen LogP contribution in [0.1, 0.15) is 30.3 Å². The minimum atomic E-state index is -0.618. The van der Waals surface area contributed by atoms with Gasteiger partial charge in [-0.05, 0) is 30.5 Å². The Bertz CT molecular complexity index is 837. The molecular weight excluding hydrogens is 346 g/mol. The molecule has 0 aliphatic rings. The van der Waals surface area contributed by atoms with Crippen LogP contribution >= 0.6 is 11.3 Å². The highest BCUT2D eigenvalue weighted by molar-refractivity contribution is 7.15. The van der Waals surface area contributed by atoms with E-state index in [9.17, 15) is 4.79 Å². The number of nitrogens with zero attached hydrogens (tertiary/aromatic N) is 2. The molecule has 2 atom stereocenters. The number of carbonyl (C=O) groups is 1. The molecule has 0 fully saturated rings. The summed E-state index contributed by atoms with van der Waals surface area (Å²) in [5, 5.41) is 12.4. The summed E-state index contributed by atoms with van der Waals surface area (Å²) in [4.78, 5) is 12.3. The third-order valence-electron chi connectivity index (χ3n) is 3.97. The molecule has 6 heteroatoms. The van der Waals surface area contributed by atoms with Crippen LogP contribution in [0.2, 0.25) is 0 Å². The molecule has 26 heavy (non-hydrogen) atoms.